The zero-order valence-electron chi connectivity index (χ0n) is 10.5. The van der Waals surface area contributed by atoms with Crippen molar-refractivity contribution in [3.8, 4) is 0 Å². The summed E-state index contributed by atoms with van der Waals surface area (Å²) in [5, 5.41) is 6.57. The largest absolute Gasteiger partial charge is 0.302 e. The number of rotatable bonds is 0. The predicted molar refractivity (Wildman–Crippen MR) is 72.5 cm³/mol. The van der Waals surface area contributed by atoms with Gasteiger partial charge in [-0.05, 0) is 18.1 Å². The molecule has 0 bridgehead atoms. The van der Waals surface area contributed by atoms with E-state index in [1.807, 2.05) is 30.4 Å². The van der Waals surface area contributed by atoms with Gasteiger partial charge in [-0.15, -0.1) is 0 Å². The molecule has 1 heterocycles. The van der Waals surface area contributed by atoms with E-state index in [4.69, 9.17) is 0 Å². The standard InChI is InChI=1S/C16H14N2O/c19-15-9-14-16(11-6-2-1-5-10(11)15)12-7-3-4-8-13(12)17-18-14/h1-5,7-8,11,14,18H,6,9H2. The molecule has 0 saturated heterocycles. The first-order chi connectivity index (χ1) is 9.34. The van der Waals surface area contributed by atoms with Crippen LogP contribution >= 0.6 is 0 Å². The van der Waals surface area contributed by atoms with Crippen LogP contribution in [0.25, 0.3) is 5.57 Å². The van der Waals surface area contributed by atoms with Crippen LogP contribution in [0.15, 0.2) is 53.2 Å². The van der Waals surface area contributed by atoms with Crippen LogP contribution in [0, 0.1) is 5.92 Å². The zero-order chi connectivity index (χ0) is 12.8. The van der Waals surface area contributed by atoms with Gasteiger partial charge in [0.05, 0.1) is 11.4 Å². The molecule has 2 unspecified atom stereocenters. The van der Waals surface area contributed by atoms with Gasteiger partial charge in [0, 0.05) is 23.1 Å². The molecular formula is C16H14N2O. The molecule has 0 amide bonds. The molecule has 1 N–H and O–H groups in total. The van der Waals surface area contributed by atoms with E-state index in [1.165, 1.54) is 10.8 Å². The number of ketones is 1. The van der Waals surface area contributed by atoms with Crippen molar-refractivity contribution in [1.82, 2.24) is 5.43 Å². The topological polar surface area (TPSA) is 41.5 Å². The highest BCUT2D eigenvalue weighted by atomic mass is 16.1. The lowest BCUT2D eigenvalue weighted by molar-refractivity contribution is -0.116. The summed E-state index contributed by atoms with van der Waals surface area (Å²) in [5.41, 5.74) is 5.46. The Balaban J connectivity index is 2.01. The zero-order valence-corrected chi connectivity index (χ0v) is 10.5. The number of Topliss-reactive ketones (excluding diaryl/α,β-unsaturated/α-hetero) is 1. The van der Waals surface area contributed by atoms with E-state index >= 15 is 0 Å². The van der Waals surface area contributed by atoms with Gasteiger partial charge in [-0.1, -0.05) is 36.4 Å². The second-order valence-corrected chi connectivity index (χ2v) is 5.23. The van der Waals surface area contributed by atoms with Gasteiger partial charge in [0.25, 0.3) is 0 Å². The van der Waals surface area contributed by atoms with Crippen molar-refractivity contribution in [2.75, 3.05) is 0 Å². The number of fused-ring (bicyclic) bond motifs is 4. The number of benzene rings is 1. The molecule has 0 radical (unpaired) electrons. The summed E-state index contributed by atoms with van der Waals surface area (Å²) < 4.78 is 0. The van der Waals surface area contributed by atoms with Gasteiger partial charge in [0.2, 0.25) is 0 Å². The van der Waals surface area contributed by atoms with E-state index in [0.717, 1.165) is 17.4 Å². The summed E-state index contributed by atoms with van der Waals surface area (Å²) in [5.74, 6) is 0.477. The lowest BCUT2D eigenvalue weighted by Crippen LogP contribution is -2.49. The quantitative estimate of drug-likeness (QED) is 0.740. The van der Waals surface area contributed by atoms with E-state index in [2.05, 4.69) is 22.7 Å². The van der Waals surface area contributed by atoms with Gasteiger partial charge >= 0.3 is 0 Å². The minimum Gasteiger partial charge on any atom is -0.302 e. The van der Waals surface area contributed by atoms with E-state index < -0.39 is 0 Å². The second-order valence-electron chi connectivity index (χ2n) is 5.23. The monoisotopic (exact) mass is 250 g/mol. The Hall–Kier alpha value is -2.16. The average Bonchev–Trinajstić information content (AvgIpc) is 2.47. The van der Waals surface area contributed by atoms with Crippen molar-refractivity contribution in [2.24, 2.45) is 11.0 Å². The first kappa shape index (κ1) is 10.7. The number of hydrogen-bond donors (Lipinski definition) is 1. The Morgan fingerprint density at radius 1 is 1.26 bits per heavy atom. The fourth-order valence-corrected chi connectivity index (χ4v) is 3.32. The molecule has 1 aromatic rings. The van der Waals surface area contributed by atoms with Gasteiger partial charge in [-0.3, -0.25) is 4.79 Å². The first-order valence-corrected chi connectivity index (χ1v) is 6.67. The molecule has 0 aromatic heterocycles. The van der Waals surface area contributed by atoms with Crippen molar-refractivity contribution in [3.63, 3.8) is 0 Å². The summed E-state index contributed by atoms with van der Waals surface area (Å²) in [6.45, 7) is 0. The number of hydrogen-bond acceptors (Lipinski definition) is 3. The highest BCUT2D eigenvalue weighted by Gasteiger charge is 2.37. The summed E-state index contributed by atoms with van der Waals surface area (Å²) >= 11 is 0. The molecule has 19 heavy (non-hydrogen) atoms. The Kier molecular flexibility index (Phi) is 2.21. The Morgan fingerprint density at radius 3 is 3.11 bits per heavy atom. The van der Waals surface area contributed by atoms with Crippen LogP contribution in [-0.2, 0) is 4.79 Å². The fourth-order valence-electron chi connectivity index (χ4n) is 3.32. The SMILES string of the molecule is O=C1CC2NN=c3ccccc3=C2C2CC=CC=C12. The number of nitrogens with one attached hydrogen (secondary N) is 1. The Morgan fingerprint density at radius 2 is 2.16 bits per heavy atom. The van der Waals surface area contributed by atoms with E-state index in [0.29, 0.717) is 6.42 Å². The molecule has 0 spiro atoms. The third-order valence-electron chi connectivity index (χ3n) is 4.18. The number of carbonyl (C=O) groups excluding carboxylic acids is 1. The number of nitrogens with zero attached hydrogens (tertiary/aromatic N) is 1. The molecular weight excluding hydrogens is 236 g/mol. The number of carbonyl (C=O) groups is 1. The van der Waals surface area contributed by atoms with Crippen molar-refractivity contribution >= 4 is 11.4 Å². The number of para-hydroxylation sites is 1. The maximum atomic E-state index is 12.2. The van der Waals surface area contributed by atoms with Gasteiger partial charge in [0.15, 0.2) is 5.78 Å². The van der Waals surface area contributed by atoms with Crippen LogP contribution in [0.1, 0.15) is 12.8 Å². The van der Waals surface area contributed by atoms with E-state index in [-0.39, 0.29) is 17.7 Å². The first-order valence-electron chi connectivity index (χ1n) is 6.67. The number of allylic oxidation sites excluding steroid dienone is 4. The Labute approximate surface area is 111 Å². The second kappa shape index (κ2) is 3.92. The van der Waals surface area contributed by atoms with Crippen LogP contribution in [-0.4, -0.2) is 11.8 Å². The molecule has 2 atom stereocenters. The minimum atomic E-state index is 0.0658. The predicted octanol–water partition coefficient (Wildman–Crippen LogP) is 0.819. The van der Waals surface area contributed by atoms with E-state index in [1.54, 1.807) is 0 Å². The average molecular weight is 250 g/mol. The normalized spacial score (nSPS) is 27.5. The van der Waals surface area contributed by atoms with Crippen LogP contribution < -0.4 is 16.0 Å². The lowest BCUT2D eigenvalue weighted by Gasteiger charge is -2.35. The molecule has 3 heteroatoms. The molecule has 2 aliphatic carbocycles. The van der Waals surface area contributed by atoms with Crippen molar-refractivity contribution < 1.29 is 4.79 Å². The maximum Gasteiger partial charge on any atom is 0.161 e. The third-order valence-corrected chi connectivity index (χ3v) is 4.18. The highest BCUT2D eigenvalue weighted by Crippen LogP contribution is 2.37. The van der Waals surface area contributed by atoms with Gasteiger partial charge in [-0.2, -0.15) is 5.10 Å². The Bertz CT molecular complexity index is 742. The van der Waals surface area contributed by atoms with Crippen molar-refractivity contribution in [1.29, 1.82) is 0 Å². The summed E-state index contributed by atoms with van der Waals surface area (Å²) in [6.07, 6.45) is 7.55. The lowest BCUT2D eigenvalue weighted by atomic mass is 9.72. The molecule has 1 saturated carbocycles. The molecule has 4 rings (SSSR count). The molecule has 3 aliphatic rings. The van der Waals surface area contributed by atoms with Crippen LogP contribution in [0.4, 0.5) is 0 Å². The van der Waals surface area contributed by atoms with Crippen molar-refractivity contribution in [3.05, 3.63) is 58.6 Å². The van der Waals surface area contributed by atoms with Crippen LogP contribution in [0.2, 0.25) is 0 Å². The highest BCUT2D eigenvalue weighted by molar-refractivity contribution is 6.02. The maximum absolute atomic E-state index is 12.2. The van der Waals surface area contributed by atoms with Crippen LogP contribution in [0.3, 0.4) is 0 Å². The summed E-state index contributed by atoms with van der Waals surface area (Å²) in [6, 6.07) is 8.24. The molecule has 1 fully saturated rings. The molecule has 3 nitrogen and oxygen atoms in total. The molecule has 1 aromatic carbocycles. The summed E-state index contributed by atoms with van der Waals surface area (Å²) in [7, 11) is 0. The van der Waals surface area contributed by atoms with E-state index in [9.17, 15) is 4.79 Å². The van der Waals surface area contributed by atoms with Crippen molar-refractivity contribution in [2.45, 2.75) is 18.9 Å². The molecule has 1 aliphatic heterocycles. The molecule has 94 valence electrons. The van der Waals surface area contributed by atoms with Gasteiger partial charge < -0.3 is 5.43 Å². The minimum absolute atomic E-state index is 0.0658. The smallest absolute Gasteiger partial charge is 0.161 e. The van der Waals surface area contributed by atoms with Crippen LogP contribution in [0.5, 0.6) is 0 Å². The fraction of sp³-hybridized carbons (Fsp3) is 0.250. The third kappa shape index (κ3) is 1.51. The summed E-state index contributed by atoms with van der Waals surface area (Å²) in [4.78, 5) is 12.2. The van der Waals surface area contributed by atoms with Gasteiger partial charge in [0.1, 0.15) is 0 Å². The van der Waals surface area contributed by atoms with Gasteiger partial charge in [-0.25, -0.2) is 0 Å².